The molecule has 0 aromatic heterocycles. The maximum Gasteiger partial charge on any atom is 0.472 e. The number of phosphoric acid groups is 1. The van der Waals surface area contributed by atoms with Crippen LogP contribution < -0.4 is 0 Å². The Bertz CT molecular complexity index is 208. The fraction of sp³-hybridized carbons (Fsp3) is 1.00. The average Bonchev–Trinajstić information content (AvgIpc) is 2.01. The molecule has 0 amide bonds. The maximum absolute atomic E-state index is 12.1. The second kappa shape index (κ2) is 4.36. The number of rotatable bonds is 5. The molecular formula is C4H7F4O4P. The van der Waals surface area contributed by atoms with Gasteiger partial charge in [0.15, 0.2) is 0 Å². The Morgan fingerprint density at radius 3 is 2.31 bits per heavy atom. The predicted octanol–water partition coefficient (Wildman–Crippen LogP) is 1.65. The van der Waals surface area contributed by atoms with Gasteiger partial charge >= 0.3 is 20.2 Å². The summed E-state index contributed by atoms with van der Waals surface area (Å²) in [6.07, 6.45) is -3.95. The van der Waals surface area contributed by atoms with Gasteiger partial charge in [-0.3, -0.25) is 9.05 Å². The summed E-state index contributed by atoms with van der Waals surface area (Å²) in [4.78, 5) is 8.40. The standard InChI is InChI=1S/C4H7F4O4P/c1-11-13(9,10)12-2-4(7,8)3(5)6/h3H,2H2,1H3,(H,9,10). The number of hydrogen-bond acceptors (Lipinski definition) is 3. The fourth-order valence-corrected chi connectivity index (χ4v) is 0.724. The molecule has 0 spiro atoms. The van der Waals surface area contributed by atoms with Crippen LogP contribution in [0.25, 0.3) is 0 Å². The molecule has 4 nitrogen and oxygen atoms in total. The van der Waals surface area contributed by atoms with Crippen LogP contribution in [0.1, 0.15) is 0 Å². The van der Waals surface area contributed by atoms with E-state index in [2.05, 4.69) is 9.05 Å². The third kappa shape index (κ3) is 4.56. The lowest BCUT2D eigenvalue weighted by Crippen LogP contribution is -2.31. The fourth-order valence-electron chi connectivity index (χ4n) is 0.283. The van der Waals surface area contributed by atoms with Crippen molar-refractivity contribution in [3.8, 4) is 0 Å². The molecule has 80 valence electrons. The van der Waals surface area contributed by atoms with E-state index < -0.39 is 26.8 Å². The van der Waals surface area contributed by atoms with Crippen LogP contribution in [0.15, 0.2) is 0 Å². The van der Waals surface area contributed by atoms with E-state index in [4.69, 9.17) is 4.89 Å². The van der Waals surface area contributed by atoms with Crippen molar-refractivity contribution in [2.75, 3.05) is 13.7 Å². The van der Waals surface area contributed by atoms with Crippen molar-refractivity contribution in [1.29, 1.82) is 0 Å². The van der Waals surface area contributed by atoms with Crippen LogP contribution in [0, 0.1) is 0 Å². The van der Waals surface area contributed by atoms with Crippen LogP contribution in [0.3, 0.4) is 0 Å². The van der Waals surface area contributed by atoms with Gasteiger partial charge in [-0.05, 0) is 0 Å². The SMILES string of the molecule is COP(=O)(O)OCC(F)(F)C(F)F. The van der Waals surface area contributed by atoms with Gasteiger partial charge in [-0.1, -0.05) is 0 Å². The van der Waals surface area contributed by atoms with Gasteiger partial charge in [0, 0.05) is 7.11 Å². The molecule has 1 N–H and O–H groups in total. The first-order valence-corrected chi connectivity index (χ1v) is 4.40. The highest BCUT2D eigenvalue weighted by Gasteiger charge is 2.43. The van der Waals surface area contributed by atoms with Crippen LogP contribution >= 0.6 is 7.82 Å². The summed E-state index contributed by atoms with van der Waals surface area (Å²) < 4.78 is 64.7. The molecule has 0 aromatic rings. The molecule has 1 atom stereocenters. The Labute approximate surface area is 71.1 Å². The first-order chi connectivity index (χ1) is 5.71. The summed E-state index contributed by atoms with van der Waals surface area (Å²) in [7, 11) is -3.90. The van der Waals surface area contributed by atoms with E-state index in [0.29, 0.717) is 0 Å². The largest absolute Gasteiger partial charge is 0.472 e. The number of phosphoric ester groups is 1. The monoisotopic (exact) mass is 226 g/mol. The molecule has 0 bridgehead atoms. The van der Waals surface area contributed by atoms with Gasteiger partial charge in [0.25, 0.3) is 0 Å². The molecule has 1 unspecified atom stereocenters. The van der Waals surface area contributed by atoms with Crippen LogP contribution in [-0.2, 0) is 13.6 Å². The third-order valence-corrected chi connectivity index (χ3v) is 1.89. The van der Waals surface area contributed by atoms with E-state index in [0.717, 1.165) is 7.11 Å². The summed E-state index contributed by atoms with van der Waals surface area (Å²) in [6, 6.07) is 0. The van der Waals surface area contributed by atoms with E-state index in [1.165, 1.54) is 0 Å². The lowest BCUT2D eigenvalue weighted by molar-refractivity contribution is -0.151. The van der Waals surface area contributed by atoms with Gasteiger partial charge in [0.1, 0.15) is 6.61 Å². The zero-order chi connectivity index (χ0) is 10.7. The highest BCUT2D eigenvalue weighted by atomic mass is 31.2. The van der Waals surface area contributed by atoms with Crippen LogP contribution in [0.2, 0.25) is 0 Å². The van der Waals surface area contributed by atoms with Crippen molar-refractivity contribution >= 4 is 7.82 Å². The van der Waals surface area contributed by atoms with Gasteiger partial charge in [-0.2, -0.15) is 8.78 Å². The van der Waals surface area contributed by atoms with Gasteiger partial charge in [-0.15, -0.1) is 0 Å². The lowest BCUT2D eigenvalue weighted by atomic mass is 10.4. The normalized spacial score (nSPS) is 17.5. The van der Waals surface area contributed by atoms with E-state index in [1.54, 1.807) is 0 Å². The average molecular weight is 226 g/mol. The van der Waals surface area contributed by atoms with Crippen molar-refractivity contribution in [2.45, 2.75) is 12.3 Å². The second-order valence-corrected chi connectivity index (χ2v) is 3.55. The summed E-state index contributed by atoms with van der Waals surface area (Å²) in [5, 5.41) is 0. The Morgan fingerprint density at radius 1 is 1.54 bits per heavy atom. The second-order valence-electron chi connectivity index (χ2n) is 1.99. The third-order valence-electron chi connectivity index (χ3n) is 0.970. The van der Waals surface area contributed by atoms with Crippen molar-refractivity contribution in [1.82, 2.24) is 0 Å². The van der Waals surface area contributed by atoms with Crippen molar-refractivity contribution in [3.05, 3.63) is 0 Å². The molecular weight excluding hydrogens is 219 g/mol. The number of alkyl halides is 4. The Hall–Kier alpha value is -0.170. The summed E-state index contributed by atoms with van der Waals surface area (Å²) in [6.45, 7) is -1.87. The Balaban J connectivity index is 4.10. The summed E-state index contributed by atoms with van der Waals surface area (Å²) in [5.41, 5.74) is 0. The topological polar surface area (TPSA) is 55.8 Å². The van der Waals surface area contributed by atoms with Crippen molar-refractivity contribution < 1.29 is 36.1 Å². The molecule has 9 heteroatoms. The van der Waals surface area contributed by atoms with Crippen molar-refractivity contribution in [3.63, 3.8) is 0 Å². The van der Waals surface area contributed by atoms with Crippen LogP contribution in [-0.4, -0.2) is 31.0 Å². The molecule has 0 heterocycles. The highest BCUT2D eigenvalue weighted by Crippen LogP contribution is 2.43. The molecule has 0 rings (SSSR count). The zero-order valence-electron chi connectivity index (χ0n) is 6.42. The molecule has 0 radical (unpaired) electrons. The van der Waals surface area contributed by atoms with Crippen LogP contribution in [0.5, 0.6) is 0 Å². The molecule has 0 aliphatic heterocycles. The Morgan fingerprint density at radius 2 is 2.00 bits per heavy atom. The molecule has 0 fully saturated rings. The smallest absolute Gasteiger partial charge is 0.302 e. The minimum absolute atomic E-state index is 0.724. The molecule has 13 heavy (non-hydrogen) atoms. The van der Waals surface area contributed by atoms with Gasteiger partial charge < -0.3 is 4.89 Å². The van der Waals surface area contributed by atoms with E-state index in [-0.39, 0.29) is 0 Å². The maximum atomic E-state index is 12.1. The number of halogens is 4. The van der Waals surface area contributed by atoms with E-state index >= 15 is 0 Å². The first kappa shape index (κ1) is 12.8. The lowest BCUT2D eigenvalue weighted by Gasteiger charge is -2.16. The molecule has 0 saturated carbocycles. The molecule has 0 aliphatic rings. The summed E-state index contributed by atoms with van der Waals surface area (Å²) >= 11 is 0. The van der Waals surface area contributed by atoms with Gasteiger partial charge in [0.2, 0.25) is 0 Å². The minimum atomic E-state index is -4.62. The molecule has 0 saturated heterocycles. The van der Waals surface area contributed by atoms with Gasteiger partial charge in [0.05, 0.1) is 0 Å². The first-order valence-electron chi connectivity index (χ1n) is 2.90. The highest BCUT2D eigenvalue weighted by molar-refractivity contribution is 7.47. The predicted molar refractivity (Wildman–Crippen MR) is 33.7 cm³/mol. The summed E-state index contributed by atoms with van der Waals surface area (Å²) in [5.74, 6) is -4.46. The van der Waals surface area contributed by atoms with Crippen molar-refractivity contribution in [2.24, 2.45) is 0 Å². The molecule has 0 aliphatic carbocycles. The van der Waals surface area contributed by atoms with E-state index in [1.807, 2.05) is 0 Å². The zero-order valence-corrected chi connectivity index (χ0v) is 7.31. The minimum Gasteiger partial charge on any atom is -0.302 e. The molecule has 0 aromatic carbocycles. The number of hydrogen-bond donors (Lipinski definition) is 1. The Kier molecular flexibility index (Phi) is 4.31. The van der Waals surface area contributed by atoms with Gasteiger partial charge in [-0.25, -0.2) is 13.3 Å². The quantitative estimate of drug-likeness (QED) is 0.572. The van der Waals surface area contributed by atoms with E-state index in [9.17, 15) is 22.1 Å². The van der Waals surface area contributed by atoms with Crippen LogP contribution in [0.4, 0.5) is 17.6 Å².